The molecule has 0 heterocycles. The highest BCUT2D eigenvalue weighted by atomic mass is 16.5. The van der Waals surface area contributed by atoms with Crippen molar-refractivity contribution in [1.29, 1.82) is 0 Å². The number of rotatable bonds is 19. The van der Waals surface area contributed by atoms with Crippen LogP contribution in [-0.4, -0.2) is 19.2 Å². The normalized spacial score (nSPS) is 12.2. The monoisotopic (exact) mass is 389 g/mol. The van der Waals surface area contributed by atoms with Crippen LogP contribution in [0.15, 0.2) is 24.3 Å². The molecule has 0 bridgehead atoms. The lowest BCUT2D eigenvalue weighted by Gasteiger charge is -2.15. The van der Waals surface area contributed by atoms with Gasteiger partial charge in [0, 0.05) is 6.54 Å². The van der Waals surface area contributed by atoms with Crippen molar-refractivity contribution in [2.75, 3.05) is 13.1 Å². The third-order valence-corrected chi connectivity index (χ3v) is 5.47. The molecule has 1 aromatic rings. The molecule has 0 aromatic heterocycles. The van der Waals surface area contributed by atoms with E-state index in [0.717, 1.165) is 18.8 Å². The molecule has 0 spiro atoms. The van der Waals surface area contributed by atoms with E-state index in [9.17, 15) is 0 Å². The predicted molar refractivity (Wildman–Crippen MR) is 124 cm³/mol. The van der Waals surface area contributed by atoms with Gasteiger partial charge in [-0.3, -0.25) is 0 Å². The summed E-state index contributed by atoms with van der Waals surface area (Å²) in [6.07, 6.45) is 20.1. The van der Waals surface area contributed by atoms with Gasteiger partial charge in [0.05, 0.1) is 0 Å². The first kappa shape index (κ1) is 25.0. The Morgan fingerprint density at radius 3 is 1.86 bits per heavy atom. The van der Waals surface area contributed by atoms with Crippen LogP contribution in [0.1, 0.15) is 109 Å². The lowest BCUT2D eigenvalue weighted by molar-refractivity contribution is 0.217. The first-order chi connectivity index (χ1) is 13.7. The van der Waals surface area contributed by atoms with Crippen molar-refractivity contribution in [3.63, 3.8) is 0 Å². The smallest absolute Gasteiger partial charge is 0.120 e. The average molecular weight is 390 g/mol. The van der Waals surface area contributed by atoms with E-state index in [0.29, 0.717) is 0 Å². The third kappa shape index (κ3) is 15.0. The Labute approximate surface area is 175 Å². The lowest BCUT2D eigenvalue weighted by atomic mass is 10.0. The zero-order valence-electron chi connectivity index (χ0n) is 19.1. The summed E-state index contributed by atoms with van der Waals surface area (Å²) in [4.78, 5) is 0. The zero-order valence-corrected chi connectivity index (χ0v) is 19.1. The summed E-state index contributed by atoms with van der Waals surface area (Å²) in [6.45, 7) is 8.57. The van der Waals surface area contributed by atoms with Gasteiger partial charge < -0.3 is 10.1 Å². The van der Waals surface area contributed by atoms with Crippen LogP contribution in [0, 0.1) is 6.92 Å². The number of benzene rings is 1. The number of aryl methyl sites for hydroxylation is 1. The molecule has 0 radical (unpaired) electrons. The SMILES string of the molecule is CCCCCCCCCCCCCCCCNCC(C)Oc1cccc(C)c1. The molecule has 1 unspecified atom stereocenters. The molecule has 0 saturated carbocycles. The molecule has 2 nitrogen and oxygen atoms in total. The fourth-order valence-corrected chi connectivity index (χ4v) is 3.71. The van der Waals surface area contributed by atoms with Crippen molar-refractivity contribution in [3.05, 3.63) is 29.8 Å². The standard InChI is InChI=1S/C26H47NO/c1-4-5-6-7-8-9-10-11-12-13-14-15-16-17-21-27-23-25(3)28-26-20-18-19-24(2)22-26/h18-20,22,25,27H,4-17,21,23H2,1-3H3. The number of hydrogen-bond donors (Lipinski definition) is 1. The molecule has 162 valence electrons. The molecule has 1 rings (SSSR count). The average Bonchev–Trinajstić information content (AvgIpc) is 2.67. The fourth-order valence-electron chi connectivity index (χ4n) is 3.71. The van der Waals surface area contributed by atoms with Gasteiger partial charge in [-0.15, -0.1) is 0 Å². The second kappa shape index (κ2) is 18.0. The maximum Gasteiger partial charge on any atom is 0.120 e. The summed E-state index contributed by atoms with van der Waals surface area (Å²) < 4.78 is 5.96. The molecule has 0 aliphatic carbocycles. The van der Waals surface area contributed by atoms with Gasteiger partial charge in [-0.1, -0.05) is 103 Å². The summed E-state index contributed by atoms with van der Waals surface area (Å²) >= 11 is 0. The van der Waals surface area contributed by atoms with Crippen molar-refractivity contribution in [3.8, 4) is 5.75 Å². The van der Waals surface area contributed by atoms with Crippen molar-refractivity contribution in [2.24, 2.45) is 0 Å². The topological polar surface area (TPSA) is 21.3 Å². The summed E-state index contributed by atoms with van der Waals surface area (Å²) in [6, 6.07) is 8.30. The van der Waals surface area contributed by atoms with Gasteiger partial charge in [-0.25, -0.2) is 0 Å². The molecular formula is C26H47NO. The Balaban J connectivity index is 1.79. The highest BCUT2D eigenvalue weighted by Crippen LogP contribution is 2.14. The van der Waals surface area contributed by atoms with Crippen LogP contribution in [0.3, 0.4) is 0 Å². The number of unbranched alkanes of at least 4 members (excludes halogenated alkanes) is 13. The lowest BCUT2D eigenvalue weighted by Crippen LogP contribution is -2.29. The molecule has 1 aromatic carbocycles. The summed E-state index contributed by atoms with van der Waals surface area (Å²) in [5.74, 6) is 0.978. The van der Waals surface area contributed by atoms with E-state index >= 15 is 0 Å². The Morgan fingerprint density at radius 1 is 0.786 bits per heavy atom. The Kier molecular flexibility index (Phi) is 16.1. The minimum atomic E-state index is 0.216. The third-order valence-electron chi connectivity index (χ3n) is 5.47. The zero-order chi connectivity index (χ0) is 20.3. The molecule has 0 amide bonds. The molecule has 2 heteroatoms. The van der Waals surface area contributed by atoms with Gasteiger partial charge in [0.2, 0.25) is 0 Å². The largest absolute Gasteiger partial charge is 0.489 e. The van der Waals surface area contributed by atoms with Gasteiger partial charge >= 0.3 is 0 Å². The molecular weight excluding hydrogens is 342 g/mol. The maximum absolute atomic E-state index is 5.96. The highest BCUT2D eigenvalue weighted by Gasteiger charge is 2.03. The molecule has 0 aliphatic heterocycles. The van der Waals surface area contributed by atoms with Crippen molar-refractivity contribution < 1.29 is 4.74 Å². The number of ether oxygens (including phenoxy) is 1. The highest BCUT2D eigenvalue weighted by molar-refractivity contribution is 5.27. The van der Waals surface area contributed by atoms with Gasteiger partial charge in [-0.2, -0.15) is 0 Å². The van der Waals surface area contributed by atoms with Gasteiger partial charge in [0.25, 0.3) is 0 Å². The first-order valence-electron chi connectivity index (χ1n) is 12.2. The van der Waals surface area contributed by atoms with Crippen LogP contribution in [0.4, 0.5) is 0 Å². The van der Waals surface area contributed by atoms with E-state index in [1.54, 1.807) is 0 Å². The van der Waals surface area contributed by atoms with E-state index < -0.39 is 0 Å². The van der Waals surface area contributed by atoms with Crippen LogP contribution in [0.25, 0.3) is 0 Å². The van der Waals surface area contributed by atoms with E-state index in [2.05, 4.69) is 44.3 Å². The molecule has 0 aliphatic rings. The summed E-state index contributed by atoms with van der Waals surface area (Å²) in [5.41, 5.74) is 1.25. The van der Waals surface area contributed by atoms with Gasteiger partial charge in [-0.05, 0) is 44.5 Å². The number of nitrogens with one attached hydrogen (secondary N) is 1. The minimum Gasteiger partial charge on any atom is -0.489 e. The van der Waals surface area contributed by atoms with Crippen LogP contribution >= 0.6 is 0 Å². The summed E-state index contributed by atoms with van der Waals surface area (Å²) in [5, 5.41) is 3.54. The number of hydrogen-bond acceptors (Lipinski definition) is 2. The van der Waals surface area contributed by atoms with Crippen molar-refractivity contribution in [1.82, 2.24) is 5.32 Å². The van der Waals surface area contributed by atoms with Crippen LogP contribution in [-0.2, 0) is 0 Å². The van der Waals surface area contributed by atoms with Gasteiger partial charge in [0.1, 0.15) is 11.9 Å². The molecule has 28 heavy (non-hydrogen) atoms. The first-order valence-corrected chi connectivity index (χ1v) is 12.2. The Hall–Kier alpha value is -1.02. The minimum absolute atomic E-state index is 0.216. The van der Waals surface area contributed by atoms with E-state index in [1.165, 1.54) is 95.5 Å². The van der Waals surface area contributed by atoms with Crippen LogP contribution < -0.4 is 10.1 Å². The van der Waals surface area contributed by atoms with E-state index in [4.69, 9.17) is 4.74 Å². The predicted octanol–water partition coefficient (Wildman–Crippen LogP) is 7.83. The molecule has 1 N–H and O–H groups in total. The second-order valence-electron chi connectivity index (χ2n) is 8.55. The van der Waals surface area contributed by atoms with Crippen molar-refractivity contribution in [2.45, 2.75) is 117 Å². The molecule has 1 atom stereocenters. The Morgan fingerprint density at radius 2 is 1.32 bits per heavy atom. The second-order valence-corrected chi connectivity index (χ2v) is 8.55. The van der Waals surface area contributed by atoms with Gasteiger partial charge in [0.15, 0.2) is 0 Å². The molecule has 0 saturated heterocycles. The molecule has 0 fully saturated rings. The quantitative estimate of drug-likeness (QED) is 0.243. The van der Waals surface area contributed by atoms with E-state index in [-0.39, 0.29) is 6.10 Å². The Bertz CT molecular complexity index is 460. The maximum atomic E-state index is 5.96. The van der Waals surface area contributed by atoms with Crippen molar-refractivity contribution >= 4 is 0 Å². The van der Waals surface area contributed by atoms with E-state index in [1.807, 2.05) is 6.07 Å². The van der Waals surface area contributed by atoms with Crippen LogP contribution in [0.5, 0.6) is 5.75 Å². The van der Waals surface area contributed by atoms with Crippen LogP contribution in [0.2, 0.25) is 0 Å². The summed E-state index contributed by atoms with van der Waals surface area (Å²) in [7, 11) is 0. The fraction of sp³-hybridized carbons (Fsp3) is 0.769.